The lowest BCUT2D eigenvalue weighted by molar-refractivity contribution is -0.128. The quantitative estimate of drug-likeness (QED) is 0.855. The van der Waals surface area contributed by atoms with Gasteiger partial charge in [0.2, 0.25) is 5.91 Å². The van der Waals surface area contributed by atoms with Gasteiger partial charge in [0.05, 0.1) is 6.54 Å². The van der Waals surface area contributed by atoms with E-state index in [-0.39, 0.29) is 24.3 Å². The van der Waals surface area contributed by atoms with Gasteiger partial charge in [-0.1, -0.05) is 17.7 Å². The van der Waals surface area contributed by atoms with Gasteiger partial charge in [-0.2, -0.15) is 0 Å². The Hall–Kier alpha value is -1.13. The summed E-state index contributed by atoms with van der Waals surface area (Å²) in [6.07, 6.45) is 0.325. The molecule has 1 aliphatic rings. The first-order valence-corrected chi connectivity index (χ1v) is 5.42. The van der Waals surface area contributed by atoms with E-state index in [0.29, 0.717) is 23.6 Å². The standard InChI is InChI=1S/C11H12ClFN2O/c12-9-2-1-3-10(13)8(9)6-15-5-7(14)4-11(15)16/h1-3,7H,4-6,14H2. The molecule has 0 saturated carbocycles. The molecule has 5 heteroatoms. The van der Waals surface area contributed by atoms with E-state index in [1.54, 1.807) is 12.1 Å². The minimum atomic E-state index is -0.388. The molecular formula is C11H12ClFN2O. The Morgan fingerprint density at radius 3 is 2.88 bits per heavy atom. The molecule has 1 aromatic carbocycles. The van der Waals surface area contributed by atoms with Gasteiger partial charge >= 0.3 is 0 Å². The minimum absolute atomic E-state index is 0.0492. The number of carbonyl (C=O) groups is 1. The van der Waals surface area contributed by atoms with Crippen molar-refractivity contribution in [2.75, 3.05) is 6.54 Å². The summed E-state index contributed by atoms with van der Waals surface area (Å²) >= 11 is 5.88. The maximum absolute atomic E-state index is 13.5. The van der Waals surface area contributed by atoms with Crippen LogP contribution in [0.1, 0.15) is 12.0 Å². The summed E-state index contributed by atoms with van der Waals surface area (Å²) in [5.74, 6) is -0.437. The fourth-order valence-electron chi connectivity index (χ4n) is 1.83. The van der Waals surface area contributed by atoms with Crippen molar-refractivity contribution < 1.29 is 9.18 Å². The molecule has 1 fully saturated rings. The molecule has 1 saturated heterocycles. The van der Waals surface area contributed by atoms with Gasteiger partial charge in [-0.15, -0.1) is 0 Å². The highest BCUT2D eigenvalue weighted by atomic mass is 35.5. The van der Waals surface area contributed by atoms with E-state index in [1.165, 1.54) is 11.0 Å². The average Bonchev–Trinajstić information content (AvgIpc) is 2.51. The molecule has 1 atom stereocenters. The summed E-state index contributed by atoms with van der Waals surface area (Å²) in [5.41, 5.74) is 6.01. The summed E-state index contributed by atoms with van der Waals surface area (Å²) in [7, 11) is 0. The maximum Gasteiger partial charge on any atom is 0.224 e. The molecule has 16 heavy (non-hydrogen) atoms. The van der Waals surface area contributed by atoms with Gasteiger partial charge in [0, 0.05) is 29.6 Å². The van der Waals surface area contributed by atoms with Crippen LogP contribution in [0.15, 0.2) is 18.2 Å². The molecule has 1 amide bonds. The summed E-state index contributed by atoms with van der Waals surface area (Å²) in [5, 5.41) is 0.341. The van der Waals surface area contributed by atoms with Crippen molar-refractivity contribution in [3.05, 3.63) is 34.6 Å². The van der Waals surface area contributed by atoms with Crippen LogP contribution in [-0.4, -0.2) is 23.4 Å². The Kier molecular flexibility index (Phi) is 3.12. The molecule has 1 aliphatic heterocycles. The van der Waals surface area contributed by atoms with Gasteiger partial charge < -0.3 is 10.6 Å². The Bertz CT molecular complexity index is 404. The highest BCUT2D eigenvalue weighted by molar-refractivity contribution is 6.31. The van der Waals surface area contributed by atoms with Crippen molar-refractivity contribution in [2.45, 2.75) is 19.0 Å². The zero-order valence-corrected chi connectivity index (χ0v) is 9.38. The predicted molar refractivity (Wildman–Crippen MR) is 59.4 cm³/mol. The summed E-state index contributed by atoms with van der Waals surface area (Å²) < 4.78 is 13.5. The van der Waals surface area contributed by atoms with Gasteiger partial charge in [0.1, 0.15) is 5.82 Å². The topological polar surface area (TPSA) is 46.3 Å². The van der Waals surface area contributed by atoms with Crippen molar-refractivity contribution in [2.24, 2.45) is 5.73 Å². The second-order valence-corrected chi connectivity index (χ2v) is 4.35. The third-order valence-corrected chi connectivity index (χ3v) is 3.01. The number of benzene rings is 1. The van der Waals surface area contributed by atoms with Crippen LogP contribution in [0.3, 0.4) is 0 Å². The largest absolute Gasteiger partial charge is 0.337 e. The van der Waals surface area contributed by atoms with Crippen LogP contribution in [0.4, 0.5) is 4.39 Å². The maximum atomic E-state index is 13.5. The second-order valence-electron chi connectivity index (χ2n) is 3.94. The van der Waals surface area contributed by atoms with Gasteiger partial charge in [-0.3, -0.25) is 4.79 Å². The number of halogens is 2. The molecule has 1 heterocycles. The molecule has 2 N–H and O–H groups in total. The highest BCUT2D eigenvalue weighted by Crippen LogP contribution is 2.22. The molecular weight excluding hydrogens is 231 g/mol. The molecule has 0 bridgehead atoms. The van der Waals surface area contributed by atoms with Crippen molar-refractivity contribution >= 4 is 17.5 Å². The lowest BCUT2D eigenvalue weighted by Crippen LogP contribution is -2.28. The fourth-order valence-corrected chi connectivity index (χ4v) is 2.05. The third-order valence-electron chi connectivity index (χ3n) is 2.66. The van der Waals surface area contributed by atoms with Crippen LogP contribution < -0.4 is 5.73 Å². The van der Waals surface area contributed by atoms with Crippen LogP contribution >= 0.6 is 11.6 Å². The molecule has 0 aromatic heterocycles. The lowest BCUT2D eigenvalue weighted by Gasteiger charge is -2.17. The Morgan fingerprint density at radius 1 is 1.56 bits per heavy atom. The molecule has 1 aromatic rings. The van der Waals surface area contributed by atoms with E-state index in [9.17, 15) is 9.18 Å². The first-order valence-electron chi connectivity index (χ1n) is 5.04. The number of nitrogens with two attached hydrogens (primary N) is 1. The molecule has 2 rings (SSSR count). The smallest absolute Gasteiger partial charge is 0.224 e. The lowest BCUT2D eigenvalue weighted by atomic mass is 10.2. The highest BCUT2D eigenvalue weighted by Gasteiger charge is 2.27. The van der Waals surface area contributed by atoms with E-state index in [4.69, 9.17) is 17.3 Å². The summed E-state index contributed by atoms with van der Waals surface area (Å²) in [6, 6.07) is 4.33. The van der Waals surface area contributed by atoms with Crippen LogP contribution in [0, 0.1) is 5.82 Å². The Balaban J connectivity index is 2.18. The molecule has 1 unspecified atom stereocenters. The number of hydrogen-bond acceptors (Lipinski definition) is 2. The Labute approximate surface area is 98.0 Å². The van der Waals surface area contributed by atoms with Gasteiger partial charge in [0.15, 0.2) is 0 Å². The van der Waals surface area contributed by atoms with E-state index in [1.807, 2.05) is 0 Å². The first-order chi connectivity index (χ1) is 7.58. The number of nitrogens with zero attached hydrogens (tertiary/aromatic N) is 1. The number of carbonyl (C=O) groups excluding carboxylic acids is 1. The van der Waals surface area contributed by atoms with Gasteiger partial charge in [-0.05, 0) is 12.1 Å². The van der Waals surface area contributed by atoms with E-state index in [0.717, 1.165) is 0 Å². The third kappa shape index (κ3) is 2.18. The second kappa shape index (κ2) is 4.39. The SMILES string of the molecule is NC1CC(=O)N(Cc2c(F)cccc2Cl)C1. The van der Waals surface area contributed by atoms with Crippen molar-refractivity contribution in [1.29, 1.82) is 0 Å². The monoisotopic (exact) mass is 242 g/mol. The normalized spacial score (nSPS) is 20.6. The summed E-state index contributed by atoms with van der Waals surface area (Å²) in [6.45, 7) is 0.654. The molecule has 0 aliphatic carbocycles. The van der Waals surface area contributed by atoms with Gasteiger partial charge in [0.25, 0.3) is 0 Å². The van der Waals surface area contributed by atoms with E-state index in [2.05, 4.69) is 0 Å². The predicted octanol–water partition coefficient (Wildman–Crippen LogP) is 1.54. The van der Waals surface area contributed by atoms with Crippen molar-refractivity contribution in [3.63, 3.8) is 0 Å². The first kappa shape index (κ1) is 11.4. The van der Waals surface area contributed by atoms with Crippen LogP contribution in [-0.2, 0) is 11.3 Å². The van der Waals surface area contributed by atoms with Crippen LogP contribution in [0.5, 0.6) is 0 Å². The number of amides is 1. The zero-order valence-electron chi connectivity index (χ0n) is 8.62. The van der Waals surface area contributed by atoms with Crippen molar-refractivity contribution in [3.8, 4) is 0 Å². The average molecular weight is 243 g/mol. The Morgan fingerprint density at radius 2 is 2.31 bits per heavy atom. The fraction of sp³-hybridized carbons (Fsp3) is 0.364. The van der Waals surface area contributed by atoms with Crippen LogP contribution in [0.2, 0.25) is 5.02 Å². The van der Waals surface area contributed by atoms with E-state index >= 15 is 0 Å². The number of rotatable bonds is 2. The number of hydrogen-bond donors (Lipinski definition) is 1. The molecule has 86 valence electrons. The number of likely N-dealkylation sites (tertiary alicyclic amines) is 1. The van der Waals surface area contributed by atoms with E-state index < -0.39 is 0 Å². The zero-order chi connectivity index (χ0) is 11.7. The molecule has 0 spiro atoms. The van der Waals surface area contributed by atoms with Crippen molar-refractivity contribution in [1.82, 2.24) is 4.90 Å². The molecule has 0 radical (unpaired) electrons. The molecule has 3 nitrogen and oxygen atoms in total. The minimum Gasteiger partial charge on any atom is -0.337 e. The summed E-state index contributed by atoms with van der Waals surface area (Å²) in [4.78, 5) is 13.0. The van der Waals surface area contributed by atoms with Crippen LogP contribution in [0.25, 0.3) is 0 Å². The van der Waals surface area contributed by atoms with Gasteiger partial charge in [-0.25, -0.2) is 4.39 Å².